The molecular weight excluding hydrogens is 223 g/mol. The third-order valence-electron chi connectivity index (χ3n) is 1.48. The van der Waals surface area contributed by atoms with E-state index in [2.05, 4.69) is 4.98 Å². The molecule has 1 heterocycles. The summed E-state index contributed by atoms with van der Waals surface area (Å²) in [4.78, 5) is 3.47. The minimum absolute atomic E-state index is 0.0288. The summed E-state index contributed by atoms with van der Waals surface area (Å²) in [6, 6.07) is 0. The Morgan fingerprint density at radius 1 is 1.46 bits per heavy atom. The van der Waals surface area contributed by atoms with E-state index < -0.39 is 18.6 Å². The Hall–Kier alpha value is -0.450. The van der Waals surface area contributed by atoms with Crippen molar-refractivity contribution in [1.82, 2.24) is 4.98 Å². The Bertz CT molecular complexity index is 320. The van der Waals surface area contributed by atoms with Crippen LogP contribution in [0.2, 0.25) is 10.2 Å². The number of aliphatic hydroxyl groups excluding tert-OH is 1. The molecule has 0 atom stereocenters. The molecule has 2 nitrogen and oxygen atoms in total. The lowest BCUT2D eigenvalue weighted by molar-refractivity contribution is 0.150. The van der Waals surface area contributed by atoms with Crippen LogP contribution in [0.1, 0.15) is 17.6 Å². The Kier molecular flexibility index (Phi) is 3.41. The molecule has 0 spiro atoms. The molecule has 6 heteroatoms. The number of nitrogens with zero attached hydrogens (tertiary/aromatic N) is 1. The number of pyridine rings is 1. The average Bonchev–Trinajstić information content (AvgIpc) is 2.04. The molecule has 0 radical (unpaired) electrons. The topological polar surface area (TPSA) is 33.1 Å². The number of aliphatic hydroxyl groups is 1. The Morgan fingerprint density at radius 2 is 2.08 bits per heavy atom. The van der Waals surface area contributed by atoms with Gasteiger partial charge in [-0.2, -0.15) is 0 Å². The van der Waals surface area contributed by atoms with Gasteiger partial charge >= 0.3 is 0 Å². The first kappa shape index (κ1) is 10.6. The lowest BCUT2D eigenvalue weighted by Gasteiger charge is -2.07. The highest BCUT2D eigenvalue weighted by Crippen LogP contribution is 2.32. The fraction of sp³-hybridized carbons (Fsp3) is 0.286. The Labute approximate surface area is 83.1 Å². The quantitative estimate of drug-likeness (QED) is 0.789. The zero-order chi connectivity index (χ0) is 10.0. The van der Waals surface area contributed by atoms with Crippen LogP contribution in [0.15, 0.2) is 6.20 Å². The molecule has 0 aliphatic heterocycles. The zero-order valence-corrected chi connectivity index (χ0v) is 7.78. The van der Waals surface area contributed by atoms with Gasteiger partial charge in [0.1, 0.15) is 5.15 Å². The van der Waals surface area contributed by atoms with Crippen molar-refractivity contribution in [2.45, 2.75) is 13.0 Å². The highest BCUT2D eigenvalue weighted by molar-refractivity contribution is 6.35. The summed E-state index contributed by atoms with van der Waals surface area (Å²) < 4.78 is 24.5. The van der Waals surface area contributed by atoms with Gasteiger partial charge in [0, 0.05) is 11.8 Å². The molecule has 0 aliphatic rings. The molecule has 1 aromatic rings. The largest absolute Gasteiger partial charge is 0.392 e. The van der Waals surface area contributed by atoms with Gasteiger partial charge in [0.05, 0.1) is 17.2 Å². The summed E-state index contributed by atoms with van der Waals surface area (Å²) in [6.45, 7) is -0.509. The summed E-state index contributed by atoms with van der Waals surface area (Å²) in [5, 5.41) is 8.47. The molecule has 13 heavy (non-hydrogen) atoms. The second-order valence-corrected chi connectivity index (χ2v) is 2.99. The molecule has 1 rings (SSSR count). The first-order chi connectivity index (χ1) is 6.07. The van der Waals surface area contributed by atoms with Crippen LogP contribution in [-0.4, -0.2) is 10.1 Å². The predicted molar refractivity (Wildman–Crippen MR) is 45.1 cm³/mol. The summed E-state index contributed by atoms with van der Waals surface area (Å²) in [5.41, 5.74) is -0.392. The third-order valence-corrected chi connectivity index (χ3v) is 2.25. The zero-order valence-electron chi connectivity index (χ0n) is 6.27. The maximum absolute atomic E-state index is 12.2. The predicted octanol–water partition coefficient (Wildman–Crippen LogP) is 2.82. The SMILES string of the molecule is OCc1c(Cl)ncc(C(F)F)c1Cl. The van der Waals surface area contributed by atoms with Gasteiger partial charge in [-0.3, -0.25) is 0 Å². The number of halogens is 4. The molecule has 0 saturated carbocycles. The van der Waals surface area contributed by atoms with Crippen molar-refractivity contribution in [3.05, 3.63) is 27.5 Å². The van der Waals surface area contributed by atoms with Crippen molar-refractivity contribution in [3.63, 3.8) is 0 Å². The van der Waals surface area contributed by atoms with Gasteiger partial charge in [-0.15, -0.1) is 0 Å². The van der Waals surface area contributed by atoms with E-state index in [4.69, 9.17) is 28.3 Å². The smallest absolute Gasteiger partial charge is 0.266 e. The van der Waals surface area contributed by atoms with Crippen molar-refractivity contribution >= 4 is 23.2 Å². The molecular formula is C7H5Cl2F2NO. The van der Waals surface area contributed by atoms with Gasteiger partial charge in [0.15, 0.2) is 0 Å². The van der Waals surface area contributed by atoms with E-state index in [1.165, 1.54) is 0 Å². The van der Waals surface area contributed by atoms with Crippen molar-refractivity contribution in [2.24, 2.45) is 0 Å². The average molecular weight is 228 g/mol. The highest BCUT2D eigenvalue weighted by Gasteiger charge is 2.17. The number of hydrogen-bond donors (Lipinski definition) is 1. The number of aromatic nitrogens is 1. The number of rotatable bonds is 2. The monoisotopic (exact) mass is 227 g/mol. The first-order valence-electron chi connectivity index (χ1n) is 3.29. The van der Waals surface area contributed by atoms with E-state index in [1.807, 2.05) is 0 Å². The van der Waals surface area contributed by atoms with Crippen LogP contribution < -0.4 is 0 Å². The maximum Gasteiger partial charge on any atom is 0.266 e. The fourth-order valence-corrected chi connectivity index (χ4v) is 1.34. The molecule has 0 aliphatic carbocycles. The molecule has 0 unspecified atom stereocenters. The summed E-state index contributed by atoms with van der Waals surface area (Å²) in [7, 11) is 0. The first-order valence-corrected chi connectivity index (χ1v) is 4.05. The molecule has 0 fully saturated rings. The minimum atomic E-state index is -2.72. The number of hydrogen-bond acceptors (Lipinski definition) is 2. The normalized spacial score (nSPS) is 10.9. The van der Waals surface area contributed by atoms with Crippen LogP contribution in [-0.2, 0) is 6.61 Å². The molecule has 0 bridgehead atoms. The molecule has 1 aromatic heterocycles. The van der Waals surface area contributed by atoms with Crippen LogP contribution >= 0.6 is 23.2 Å². The van der Waals surface area contributed by atoms with Crippen LogP contribution in [0.5, 0.6) is 0 Å². The van der Waals surface area contributed by atoms with E-state index in [-0.39, 0.29) is 15.7 Å². The van der Waals surface area contributed by atoms with Crippen LogP contribution in [0.3, 0.4) is 0 Å². The van der Waals surface area contributed by atoms with E-state index >= 15 is 0 Å². The Morgan fingerprint density at radius 3 is 2.54 bits per heavy atom. The van der Waals surface area contributed by atoms with Gasteiger partial charge in [-0.05, 0) is 0 Å². The lowest BCUT2D eigenvalue weighted by atomic mass is 10.2. The van der Waals surface area contributed by atoms with E-state index in [0.29, 0.717) is 0 Å². The molecule has 0 saturated heterocycles. The highest BCUT2D eigenvalue weighted by atomic mass is 35.5. The van der Waals surface area contributed by atoms with E-state index in [1.54, 1.807) is 0 Å². The summed E-state index contributed by atoms with van der Waals surface area (Å²) in [5.74, 6) is 0. The van der Waals surface area contributed by atoms with Crippen molar-refractivity contribution in [1.29, 1.82) is 0 Å². The summed E-state index contributed by atoms with van der Waals surface area (Å²) >= 11 is 11.1. The fourth-order valence-electron chi connectivity index (χ4n) is 0.812. The van der Waals surface area contributed by atoms with Gasteiger partial charge in [0.25, 0.3) is 6.43 Å². The summed E-state index contributed by atoms with van der Waals surface area (Å²) in [6.07, 6.45) is -1.82. The molecule has 0 aromatic carbocycles. The van der Waals surface area contributed by atoms with Crippen molar-refractivity contribution < 1.29 is 13.9 Å². The standard InChI is InChI=1S/C7H5Cl2F2NO/c8-5-3(7(10)11)1-12-6(9)4(5)2-13/h1,7,13H,2H2. The van der Waals surface area contributed by atoms with E-state index in [9.17, 15) is 8.78 Å². The molecule has 1 N–H and O–H groups in total. The van der Waals surface area contributed by atoms with Crippen LogP contribution in [0.25, 0.3) is 0 Å². The van der Waals surface area contributed by atoms with Gasteiger partial charge < -0.3 is 5.11 Å². The second-order valence-electron chi connectivity index (χ2n) is 2.26. The van der Waals surface area contributed by atoms with Gasteiger partial charge in [-0.1, -0.05) is 23.2 Å². The molecule has 0 amide bonds. The van der Waals surface area contributed by atoms with Gasteiger partial charge in [-0.25, -0.2) is 13.8 Å². The lowest BCUT2D eigenvalue weighted by Crippen LogP contribution is -1.96. The number of alkyl halides is 2. The maximum atomic E-state index is 12.2. The van der Waals surface area contributed by atoms with Gasteiger partial charge in [0.2, 0.25) is 0 Å². The molecule has 72 valence electrons. The van der Waals surface area contributed by atoms with E-state index in [0.717, 1.165) is 6.20 Å². The third kappa shape index (κ3) is 2.07. The minimum Gasteiger partial charge on any atom is -0.392 e. The van der Waals surface area contributed by atoms with Crippen molar-refractivity contribution in [2.75, 3.05) is 0 Å². The van der Waals surface area contributed by atoms with Crippen LogP contribution in [0.4, 0.5) is 8.78 Å². The Balaban J connectivity index is 3.27. The second kappa shape index (κ2) is 4.17. The van der Waals surface area contributed by atoms with Crippen LogP contribution in [0, 0.1) is 0 Å². The van der Waals surface area contributed by atoms with Crippen molar-refractivity contribution in [3.8, 4) is 0 Å².